The van der Waals surface area contributed by atoms with E-state index in [4.69, 9.17) is 0 Å². The molecule has 0 aromatic carbocycles. The predicted octanol–water partition coefficient (Wildman–Crippen LogP) is 0.320. The number of hydrogen-bond acceptors (Lipinski definition) is 3. The number of carbonyl (C=O) groups excluding carboxylic acids is 2. The summed E-state index contributed by atoms with van der Waals surface area (Å²) in [5, 5.41) is 2.34. The number of rotatable bonds is 3. The van der Waals surface area contributed by atoms with Gasteiger partial charge in [-0.3, -0.25) is 0 Å². The smallest absolute Gasteiger partial charge is 0.407 e. The summed E-state index contributed by atoms with van der Waals surface area (Å²) < 4.78 is 4.28. The number of hydrogen-bond donors (Lipinski definition) is 1. The second-order valence-corrected chi connectivity index (χ2v) is 1.79. The summed E-state index contributed by atoms with van der Waals surface area (Å²) >= 11 is 0. The third-order valence-electron chi connectivity index (χ3n) is 1.09. The van der Waals surface area contributed by atoms with Crippen LogP contribution in [0.5, 0.6) is 0 Å². The van der Waals surface area contributed by atoms with Crippen molar-refractivity contribution in [3.63, 3.8) is 0 Å². The molecular formula is C6H11NO3. The fourth-order valence-electron chi connectivity index (χ4n) is 0.443. The lowest BCUT2D eigenvalue weighted by Gasteiger charge is -2.07. The van der Waals surface area contributed by atoms with E-state index in [0.717, 1.165) is 0 Å². The molecule has 0 aliphatic carbocycles. The largest absolute Gasteiger partial charge is 0.453 e. The summed E-state index contributed by atoms with van der Waals surface area (Å²) in [7, 11) is 1.26. The molecule has 0 saturated carbocycles. The highest BCUT2D eigenvalue weighted by molar-refractivity contribution is 5.72. The number of aldehydes is 1. The Balaban J connectivity index is 3.62. The van der Waals surface area contributed by atoms with Crippen LogP contribution < -0.4 is 5.32 Å². The van der Waals surface area contributed by atoms with E-state index >= 15 is 0 Å². The van der Waals surface area contributed by atoms with Gasteiger partial charge in [-0.2, -0.15) is 0 Å². The predicted molar refractivity (Wildman–Crippen MR) is 35.7 cm³/mol. The lowest BCUT2D eigenvalue weighted by atomic mass is 10.3. The van der Waals surface area contributed by atoms with E-state index in [0.29, 0.717) is 12.7 Å². The molecule has 0 saturated heterocycles. The molecule has 58 valence electrons. The first-order chi connectivity index (χ1) is 4.74. The number of carbonyl (C=O) groups is 2. The normalized spacial score (nSPS) is 11.8. The molecule has 0 aromatic rings. The van der Waals surface area contributed by atoms with Crippen molar-refractivity contribution in [2.75, 3.05) is 7.11 Å². The Hall–Kier alpha value is -1.06. The van der Waals surface area contributed by atoms with E-state index < -0.39 is 12.1 Å². The van der Waals surface area contributed by atoms with E-state index in [1.165, 1.54) is 7.11 Å². The van der Waals surface area contributed by atoms with Crippen LogP contribution in [0.4, 0.5) is 4.79 Å². The van der Waals surface area contributed by atoms with Gasteiger partial charge in [-0.25, -0.2) is 4.79 Å². The van der Waals surface area contributed by atoms with Crippen LogP contribution in [0.3, 0.4) is 0 Å². The van der Waals surface area contributed by atoms with Gasteiger partial charge in [0.1, 0.15) is 6.29 Å². The Morgan fingerprint density at radius 2 is 2.40 bits per heavy atom. The SMILES string of the molecule is CCC(C=O)NC(=O)OC. The summed E-state index contributed by atoms with van der Waals surface area (Å²) in [6.45, 7) is 1.80. The van der Waals surface area contributed by atoms with Gasteiger partial charge in [-0.05, 0) is 6.42 Å². The first-order valence-corrected chi connectivity index (χ1v) is 3.04. The van der Waals surface area contributed by atoms with Crippen LogP contribution in [0.2, 0.25) is 0 Å². The Morgan fingerprint density at radius 3 is 2.70 bits per heavy atom. The quantitative estimate of drug-likeness (QED) is 0.582. The highest BCUT2D eigenvalue weighted by atomic mass is 16.5. The van der Waals surface area contributed by atoms with Crippen LogP contribution in [0.25, 0.3) is 0 Å². The molecule has 1 atom stereocenters. The minimum atomic E-state index is -0.570. The molecule has 0 rings (SSSR count). The molecule has 1 N–H and O–H groups in total. The van der Waals surface area contributed by atoms with Crippen molar-refractivity contribution >= 4 is 12.4 Å². The maximum atomic E-state index is 10.4. The lowest BCUT2D eigenvalue weighted by Crippen LogP contribution is -2.35. The van der Waals surface area contributed by atoms with E-state index in [1.54, 1.807) is 6.92 Å². The Labute approximate surface area is 59.6 Å². The van der Waals surface area contributed by atoms with Crippen LogP contribution in [0.1, 0.15) is 13.3 Å². The zero-order valence-electron chi connectivity index (χ0n) is 6.09. The number of amides is 1. The topological polar surface area (TPSA) is 55.4 Å². The lowest BCUT2D eigenvalue weighted by molar-refractivity contribution is -0.109. The molecule has 4 nitrogen and oxygen atoms in total. The van der Waals surface area contributed by atoms with Gasteiger partial charge in [0.2, 0.25) is 0 Å². The first-order valence-electron chi connectivity index (χ1n) is 3.04. The van der Waals surface area contributed by atoms with Crippen molar-refractivity contribution in [3.8, 4) is 0 Å². The van der Waals surface area contributed by atoms with E-state index in [-0.39, 0.29) is 0 Å². The minimum Gasteiger partial charge on any atom is -0.453 e. The van der Waals surface area contributed by atoms with E-state index in [2.05, 4.69) is 10.1 Å². The summed E-state index contributed by atoms with van der Waals surface area (Å²) in [6, 6.07) is -0.424. The molecule has 0 aromatic heterocycles. The highest BCUT2D eigenvalue weighted by Gasteiger charge is 2.06. The maximum Gasteiger partial charge on any atom is 0.407 e. The Bertz CT molecular complexity index is 124. The summed E-state index contributed by atoms with van der Waals surface area (Å²) in [5.41, 5.74) is 0. The molecule has 10 heavy (non-hydrogen) atoms. The van der Waals surface area contributed by atoms with Crippen molar-refractivity contribution in [3.05, 3.63) is 0 Å². The number of methoxy groups -OCH3 is 1. The molecule has 4 heteroatoms. The molecule has 0 spiro atoms. The van der Waals surface area contributed by atoms with Gasteiger partial charge in [0.05, 0.1) is 13.2 Å². The number of nitrogens with one attached hydrogen (secondary N) is 1. The zero-order chi connectivity index (χ0) is 7.98. The molecule has 0 heterocycles. The van der Waals surface area contributed by atoms with Crippen LogP contribution in [-0.4, -0.2) is 25.5 Å². The van der Waals surface area contributed by atoms with Crippen molar-refractivity contribution in [1.82, 2.24) is 5.32 Å². The van der Waals surface area contributed by atoms with Gasteiger partial charge in [-0.1, -0.05) is 6.92 Å². The fourth-order valence-corrected chi connectivity index (χ4v) is 0.443. The van der Waals surface area contributed by atoms with Gasteiger partial charge in [-0.15, -0.1) is 0 Å². The summed E-state index contributed by atoms with van der Waals surface area (Å²) in [6.07, 6.45) is 0.689. The average Bonchev–Trinajstić information content (AvgIpc) is 1.99. The van der Waals surface area contributed by atoms with Crippen molar-refractivity contribution in [1.29, 1.82) is 0 Å². The van der Waals surface area contributed by atoms with Crippen LogP contribution in [0.15, 0.2) is 0 Å². The molecule has 0 aliphatic rings. The monoisotopic (exact) mass is 145 g/mol. The summed E-state index contributed by atoms with van der Waals surface area (Å²) in [4.78, 5) is 20.6. The molecular weight excluding hydrogens is 134 g/mol. The maximum absolute atomic E-state index is 10.4. The molecule has 0 aliphatic heterocycles. The Morgan fingerprint density at radius 1 is 1.80 bits per heavy atom. The van der Waals surface area contributed by atoms with Crippen LogP contribution >= 0.6 is 0 Å². The molecule has 0 bridgehead atoms. The van der Waals surface area contributed by atoms with E-state index in [9.17, 15) is 9.59 Å². The molecule has 1 unspecified atom stereocenters. The minimum absolute atomic E-state index is 0.424. The van der Waals surface area contributed by atoms with Crippen molar-refractivity contribution in [2.24, 2.45) is 0 Å². The van der Waals surface area contributed by atoms with Crippen LogP contribution in [-0.2, 0) is 9.53 Å². The zero-order valence-corrected chi connectivity index (χ0v) is 6.09. The molecule has 1 amide bonds. The van der Waals surface area contributed by atoms with Crippen molar-refractivity contribution in [2.45, 2.75) is 19.4 Å². The highest BCUT2D eigenvalue weighted by Crippen LogP contribution is 1.85. The fraction of sp³-hybridized carbons (Fsp3) is 0.667. The standard InChI is InChI=1S/C6H11NO3/c1-3-5(4-8)7-6(9)10-2/h4-5H,3H2,1-2H3,(H,7,9). The number of alkyl carbamates (subject to hydrolysis) is 1. The van der Waals surface area contributed by atoms with Gasteiger partial charge < -0.3 is 14.8 Å². The van der Waals surface area contributed by atoms with Gasteiger partial charge in [0.15, 0.2) is 0 Å². The van der Waals surface area contributed by atoms with Crippen molar-refractivity contribution < 1.29 is 14.3 Å². The van der Waals surface area contributed by atoms with Gasteiger partial charge in [0, 0.05) is 0 Å². The molecule has 0 fully saturated rings. The van der Waals surface area contributed by atoms with Gasteiger partial charge >= 0.3 is 6.09 Å². The second kappa shape index (κ2) is 4.78. The third kappa shape index (κ3) is 3.06. The number of ether oxygens (including phenoxy) is 1. The van der Waals surface area contributed by atoms with E-state index in [1.807, 2.05) is 0 Å². The van der Waals surface area contributed by atoms with Crippen LogP contribution in [0, 0.1) is 0 Å². The molecule has 0 radical (unpaired) electrons. The first kappa shape index (κ1) is 8.94. The summed E-state index contributed by atoms with van der Waals surface area (Å²) in [5.74, 6) is 0. The Kier molecular flexibility index (Phi) is 4.28. The van der Waals surface area contributed by atoms with Gasteiger partial charge in [0.25, 0.3) is 0 Å². The average molecular weight is 145 g/mol. The second-order valence-electron chi connectivity index (χ2n) is 1.79. The third-order valence-corrected chi connectivity index (χ3v) is 1.09.